The van der Waals surface area contributed by atoms with Crippen molar-refractivity contribution in [3.8, 4) is 0 Å². The second-order valence-electron chi connectivity index (χ2n) is 4.28. The van der Waals surface area contributed by atoms with E-state index in [4.69, 9.17) is 17.3 Å². The molecule has 6 nitrogen and oxygen atoms in total. The summed E-state index contributed by atoms with van der Waals surface area (Å²) in [5.41, 5.74) is 5.00. The van der Waals surface area contributed by atoms with Crippen molar-refractivity contribution in [2.24, 2.45) is 0 Å². The Bertz CT molecular complexity index is 753. The van der Waals surface area contributed by atoms with E-state index in [1.165, 1.54) is 0 Å². The predicted molar refractivity (Wildman–Crippen MR) is 83.0 cm³/mol. The Balaban J connectivity index is 2.94. The SMILES string of the molecule is CS(=O)(=O)CCCNS(=O)(=O)c1cc(Cl)c(Br)c(N)c1F. The van der Waals surface area contributed by atoms with Crippen molar-refractivity contribution in [1.82, 2.24) is 4.72 Å². The number of nitrogens with two attached hydrogens (primary N) is 1. The van der Waals surface area contributed by atoms with Gasteiger partial charge in [-0.05, 0) is 28.4 Å². The van der Waals surface area contributed by atoms with Crippen molar-refractivity contribution in [3.63, 3.8) is 0 Å². The quantitative estimate of drug-likeness (QED) is 0.410. The van der Waals surface area contributed by atoms with Crippen molar-refractivity contribution < 1.29 is 21.2 Å². The molecule has 21 heavy (non-hydrogen) atoms. The maximum Gasteiger partial charge on any atom is 0.243 e. The third kappa shape index (κ3) is 5.06. The molecule has 0 radical (unpaired) electrons. The number of rotatable bonds is 6. The molecule has 0 aliphatic heterocycles. The Labute approximate surface area is 136 Å². The van der Waals surface area contributed by atoms with Gasteiger partial charge < -0.3 is 5.73 Å². The molecule has 0 aliphatic carbocycles. The highest BCUT2D eigenvalue weighted by molar-refractivity contribution is 9.10. The number of sulfone groups is 1. The normalized spacial score (nSPS) is 12.6. The van der Waals surface area contributed by atoms with Crippen LogP contribution in [0.25, 0.3) is 0 Å². The van der Waals surface area contributed by atoms with E-state index in [1.54, 1.807) is 0 Å². The number of halogens is 3. The van der Waals surface area contributed by atoms with Gasteiger partial charge in [0.05, 0.1) is 20.9 Å². The van der Waals surface area contributed by atoms with Crippen LogP contribution in [0.15, 0.2) is 15.4 Å². The zero-order chi connectivity index (χ0) is 16.4. The minimum atomic E-state index is -4.18. The third-order valence-corrected chi connectivity index (χ3v) is 6.30. The summed E-state index contributed by atoms with van der Waals surface area (Å²) in [5, 5.41) is -0.0505. The van der Waals surface area contributed by atoms with Crippen LogP contribution in [0, 0.1) is 5.82 Å². The van der Waals surface area contributed by atoms with Crippen LogP contribution in [0.1, 0.15) is 6.42 Å². The fourth-order valence-electron chi connectivity index (χ4n) is 1.41. The molecule has 0 atom stereocenters. The van der Waals surface area contributed by atoms with Crippen molar-refractivity contribution in [2.75, 3.05) is 24.3 Å². The minimum absolute atomic E-state index is 0.0505. The molecule has 3 N–H and O–H groups in total. The molecule has 0 spiro atoms. The van der Waals surface area contributed by atoms with Gasteiger partial charge in [0.2, 0.25) is 10.0 Å². The van der Waals surface area contributed by atoms with Crippen molar-refractivity contribution >= 4 is 53.1 Å². The van der Waals surface area contributed by atoms with Crippen LogP contribution >= 0.6 is 27.5 Å². The van der Waals surface area contributed by atoms with Gasteiger partial charge in [-0.15, -0.1) is 0 Å². The molecule has 11 heteroatoms. The van der Waals surface area contributed by atoms with Crippen molar-refractivity contribution in [1.29, 1.82) is 0 Å². The lowest BCUT2D eigenvalue weighted by Gasteiger charge is -2.11. The summed E-state index contributed by atoms with van der Waals surface area (Å²) in [6.45, 7) is -0.150. The van der Waals surface area contributed by atoms with E-state index in [2.05, 4.69) is 20.7 Å². The molecule has 1 aromatic carbocycles. The molecule has 120 valence electrons. The van der Waals surface area contributed by atoms with Crippen LogP contribution in [0.3, 0.4) is 0 Å². The number of nitrogens with one attached hydrogen (secondary N) is 1. The first-order valence-corrected chi connectivity index (χ1v) is 10.3. The summed E-state index contributed by atoms with van der Waals surface area (Å²) in [6, 6.07) is 0.927. The van der Waals surface area contributed by atoms with Gasteiger partial charge in [-0.2, -0.15) is 0 Å². The lowest BCUT2D eigenvalue weighted by molar-refractivity contribution is 0.557. The van der Waals surface area contributed by atoms with E-state index in [9.17, 15) is 21.2 Å². The van der Waals surface area contributed by atoms with Crippen LogP contribution in [-0.4, -0.2) is 35.4 Å². The molecule has 0 bridgehead atoms. The molecular weight excluding hydrogens is 411 g/mol. The summed E-state index contributed by atoms with van der Waals surface area (Å²) in [7, 11) is -7.37. The number of benzene rings is 1. The molecular formula is C10H13BrClFN2O4S2. The highest BCUT2D eigenvalue weighted by Crippen LogP contribution is 2.34. The zero-order valence-electron chi connectivity index (χ0n) is 10.9. The molecule has 0 saturated heterocycles. The predicted octanol–water partition coefficient (Wildman–Crippen LogP) is 1.54. The average Bonchev–Trinajstić information content (AvgIpc) is 2.35. The van der Waals surface area contributed by atoms with E-state index in [0.29, 0.717) is 0 Å². The summed E-state index contributed by atoms with van der Waals surface area (Å²) in [4.78, 5) is -0.687. The Morgan fingerprint density at radius 2 is 1.95 bits per heavy atom. The summed E-state index contributed by atoms with van der Waals surface area (Å²) in [6.07, 6.45) is 1.11. The van der Waals surface area contributed by atoms with Gasteiger partial charge >= 0.3 is 0 Å². The highest BCUT2D eigenvalue weighted by Gasteiger charge is 2.23. The van der Waals surface area contributed by atoms with E-state index < -0.39 is 36.3 Å². The fraction of sp³-hybridized carbons (Fsp3) is 0.400. The van der Waals surface area contributed by atoms with Crippen molar-refractivity contribution in [2.45, 2.75) is 11.3 Å². The van der Waals surface area contributed by atoms with Gasteiger partial charge in [0.1, 0.15) is 14.7 Å². The van der Waals surface area contributed by atoms with Gasteiger partial charge in [0.15, 0.2) is 5.82 Å². The molecule has 1 aromatic rings. The lowest BCUT2D eigenvalue weighted by Crippen LogP contribution is -2.27. The van der Waals surface area contributed by atoms with Gasteiger partial charge in [0, 0.05) is 12.8 Å². The van der Waals surface area contributed by atoms with E-state index in [0.717, 1.165) is 12.3 Å². The van der Waals surface area contributed by atoms with E-state index in [1.807, 2.05) is 0 Å². The highest BCUT2D eigenvalue weighted by atomic mass is 79.9. The molecule has 0 aliphatic rings. The molecule has 0 saturated carbocycles. The Morgan fingerprint density at radius 1 is 1.38 bits per heavy atom. The number of nitrogen functional groups attached to an aromatic ring is 1. The second kappa shape index (κ2) is 6.78. The summed E-state index contributed by atoms with van der Waals surface area (Å²) < 4.78 is 61.9. The van der Waals surface area contributed by atoms with Gasteiger partial charge in [-0.3, -0.25) is 0 Å². The van der Waals surface area contributed by atoms with Crippen LogP contribution < -0.4 is 10.5 Å². The average molecular weight is 424 g/mol. The Morgan fingerprint density at radius 3 is 2.48 bits per heavy atom. The zero-order valence-corrected chi connectivity index (χ0v) is 14.8. The molecule has 0 aromatic heterocycles. The first kappa shape index (κ1) is 18.6. The maximum atomic E-state index is 13.9. The van der Waals surface area contributed by atoms with E-state index in [-0.39, 0.29) is 28.2 Å². The largest absolute Gasteiger partial charge is 0.395 e. The first-order chi connectivity index (χ1) is 9.46. The van der Waals surface area contributed by atoms with Crippen LogP contribution in [0.2, 0.25) is 5.02 Å². The monoisotopic (exact) mass is 422 g/mol. The van der Waals surface area contributed by atoms with Gasteiger partial charge in [0.25, 0.3) is 0 Å². The van der Waals surface area contributed by atoms with Crippen LogP contribution in [-0.2, 0) is 19.9 Å². The molecule has 1 rings (SSSR count). The smallest absolute Gasteiger partial charge is 0.243 e. The number of anilines is 1. The van der Waals surface area contributed by atoms with Gasteiger partial charge in [-0.25, -0.2) is 25.9 Å². The summed E-state index contributed by atoms with van der Waals surface area (Å²) in [5.74, 6) is -1.30. The second-order valence-corrected chi connectivity index (χ2v) is 9.47. The summed E-state index contributed by atoms with van der Waals surface area (Å²) >= 11 is 8.69. The van der Waals surface area contributed by atoms with Crippen LogP contribution in [0.4, 0.5) is 10.1 Å². The Kier molecular flexibility index (Phi) is 6.01. The third-order valence-electron chi connectivity index (χ3n) is 2.43. The van der Waals surface area contributed by atoms with Gasteiger partial charge in [-0.1, -0.05) is 11.6 Å². The number of hydrogen-bond acceptors (Lipinski definition) is 5. The Hall–Kier alpha value is -0.420. The molecule has 0 fully saturated rings. The number of hydrogen-bond donors (Lipinski definition) is 2. The molecule has 0 unspecified atom stereocenters. The fourth-order valence-corrected chi connectivity index (χ4v) is 3.83. The number of sulfonamides is 1. The molecule has 0 amide bonds. The minimum Gasteiger partial charge on any atom is -0.395 e. The molecule has 0 heterocycles. The first-order valence-electron chi connectivity index (χ1n) is 5.56. The standard InChI is InChI=1S/C10H13BrClFN2O4S2/c1-20(16,17)4-2-3-15-21(18,19)7-5-6(12)8(11)10(14)9(7)13/h5,15H,2-4,14H2,1H3. The maximum absolute atomic E-state index is 13.9. The lowest BCUT2D eigenvalue weighted by atomic mass is 10.3. The van der Waals surface area contributed by atoms with Crippen LogP contribution in [0.5, 0.6) is 0 Å². The van der Waals surface area contributed by atoms with E-state index >= 15 is 0 Å². The topological polar surface area (TPSA) is 106 Å². The van der Waals surface area contributed by atoms with Crippen molar-refractivity contribution in [3.05, 3.63) is 21.4 Å².